The number of ketones is 2. The molecule has 1 fully saturated rings. The summed E-state index contributed by atoms with van der Waals surface area (Å²) < 4.78 is 5.35. The summed E-state index contributed by atoms with van der Waals surface area (Å²) >= 11 is 0. The third kappa shape index (κ3) is 9.18. The lowest BCUT2D eigenvalue weighted by molar-refractivity contribution is -0.124. The van der Waals surface area contributed by atoms with Crippen molar-refractivity contribution in [2.24, 2.45) is 11.1 Å². The number of Topliss-reactive ketones (excluding diaryl/α,β-unsaturated/α-hetero) is 1. The fourth-order valence-corrected chi connectivity index (χ4v) is 7.13. The van der Waals surface area contributed by atoms with E-state index in [-0.39, 0.29) is 29.9 Å². The van der Waals surface area contributed by atoms with Gasteiger partial charge in [0, 0.05) is 12.6 Å². The van der Waals surface area contributed by atoms with E-state index in [0.717, 1.165) is 41.5 Å². The maximum Gasteiger partial charge on any atom is 0.163 e. The van der Waals surface area contributed by atoms with Crippen LogP contribution < -0.4 is 15.8 Å². The number of nitrogens with two attached hydrogens (primary N) is 1. The Hall–Kier alpha value is -3.64. The van der Waals surface area contributed by atoms with Crippen molar-refractivity contribution in [2.45, 2.75) is 104 Å². The summed E-state index contributed by atoms with van der Waals surface area (Å²) in [5, 5.41) is 13.8. The molecule has 0 spiro atoms. The SMILES string of the molecule is CCCC1(CCCC(=O)CC(=O)C=Cc2cc(OC)c(O)cc2CC2=CNC(N)C(Cc3cc(C)cc(C)c3)=C2)CCCC1. The Kier molecular flexibility index (Phi) is 11.6. The quantitative estimate of drug-likeness (QED) is 0.144. The molecule has 1 aliphatic heterocycles. The van der Waals surface area contributed by atoms with E-state index in [9.17, 15) is 14.7 Å². The number of allylic oxidation sites excluding steroid dienone is 3. The molecule has 0 aromatic heterocycles. The molecule has 1 heterocycles. The van der Waals surface area contributed by atoms with Gasteiger partial charge in [-0.2, -0.15) is 0 Å². The van der Waals surface area contributed by atoms with Crippen LogP contribution in [0.3, 0.4) is 0 Å². The first-order valence-electron chi connectivity index (χ1n) is 16.2. The molecule has 2 aromatic rings. The number of phenolic OH excluding ortho intramolecular Hbond substituents is 1. The number of carbonyl (C=O) groups excluding carboxylic acids is 2. The summed E-state index contributed by atoms with van der Waals surface area (Å²) in [4.78, 5) is 25.5. The van der Waals surface area contributed by atoms with Crippen molar-refractivity contribution in [1.82, 2.24) is 5.32 Å². The van der Waals surface area contributed by atoms with Gasteiger partial charge in [0.15, 0.2) is 17.3 Å². The predicted molar refractivity (Wildman–Crippen MR) is 179 cm³/mol. The van der Waals surface area contributed by atoms with Gasteiger partial charge in [0.05, 0.1) is 19.7 Å². The number of hydrogen-bond donors (Lipinski definition) is 3. The van der Waals surface area contributed by atoms with E-state index in [1.807, 2.05) is 6.20 Å². The molecule has 44 heavy (non-hydrogen) atoms. The van der Waals surface area contributed by atoms with Crippen LogP contribution in [0.2, 0.25) is 0 Å². The Bertz CT molecular complexity index is 1410. The van der Waals surface area contributed by atoms with Gasteiger partial charge in [-0.25, -0.2) is 0 Å². The van der Waals surface area contributed by atoms with Crippen molar-refractivity contribution in [2.75, 3.05) is 7.11 Å². The minimum atomic E-state index is -0.284. The van der Waals surface area contributed by atoms with Crippen LogP contribution in [0.4, 0.5) is 0 Å². The zero-order chi connectivity index (χ0) is 31.7. The molecule has 0 saturated heterocycles. The Labute approximate surface area is 263 Å². The highest BCUT2D eigenvalue weighted by molar-refractivity contribution is 6.06. The Balaban J connectivity index is 1.42. The minimum absolute atomic E-state index is 0.00375. The second kappa shape index (κ2) is 15.4. The maximum atomic E-state index is 12.8. The van der Waals surface area contributed by atoms with E-state index in [1.54, 1.807) is 18.2 Å². The molecule has 1 aliphatic carbocycles. The van der Waals surface area contributed by atoms with Crippen molar-refractivity contribution in [1.29, 1.82) is 0 Å². The Morgan fingerprint density at radius 1 is 1.07 bits per heavy atom. The molecule has 4 rings (SSSR count). The van der Waals surface area contributed by atoms with Crippen LogP contribution in [0.5, 0.6) is 11.5 Å². The first-order chi connectivity index (χ1) is 21.1. The number of carbonyl (C=O) groups is 2. The van der Waals surface area contributed by atoms with Crippen molar-refractivity contribution in [3.63, 3.8) is 0 Å². The first kappa shape index (κ1) is 33.3. The normalized spacial score (nSPS) is 17.7. The molecule has 1 unspecified atom stereocenters. The number of phenols is 1. The van der Waals surface area contributed by atoms with Crippen LogP contribution in [0.15, 0.2) is 59.8 Å². The van der Waals surface area contributed by atoms with E-state index in [0.29, 0.717) is 24.0 Å². The molecule has 4 N–H and O–H groups in total. The van der Waals surface area contributed by atoms with Gasteiger partial charge in [-0.3, -0.25) is 9.59 Å². The van der Waals surface area contributed by atoms with Gasteiger partial charge in [-0.1, -0.05) is 67.7 Å². The van der Waals surface area contributed by atoms with Gasteiger partial charge in [-0.05, 0) is 110 Å². The number of nitrogens with one attached hydrogen (secondary N) is 1. The maximum absolute atomic E-state index is 12.8. The van der Waals surface area contributed by atoms with Gasteiger partial charge in [0.2, 0.25) is 0 Å². The van der Waals surface area contributed by atoms with Crippen molar-refractivity contribution < 1.29 is 19.4 Å². The van der Waals surface area contributed by atoms with Crippen LogP contribution in [-0.2, 0) is 22.4 Å². The summed E-state index contributed by atoms with van der Waals surface area (Å²) in [6, 6.07) is 9.93. The molecule has 2 aromatic carbocycles. The summed E-state index contributed by atoms with van der Waals surface area (Å²) in [7, 11) is 1.50. The molecule has 236 valence electrons. The third-order valence-electron chi connectivity index (χ3n) is 9.17. The lowest BCUT2D eigenvalue weighted by Gasteiger charge is -2.28. The molecule has 1 atom stereocenters. The highest BCUT2D eigenvalue weighted by Gasteiger charge is 2.32. The van der Waals surface area contributed by atoms with Gasteiger partial charge >= 0.3 is 0 Å². The van der Waals surface area contributed by atoms with Crippen molar-refractivity contribution in [3.8, 4) is 11.5 Å². The van der Waals surface area contributed by atoms with Crippen LogP contribution >= 0.6 is 0 Å². The third-order valence-corrected chi connectivity index (χ3v) is 9.17. The van der Waals surface area contributed by atoms with Gasteiger partial charge in [-0.15, -0.1) is 0 Å². The van der Waals surface area contributed by atoms with E-state index >= 15 is 0 Å². The van der Waals surface area contributed by atoms with Crippen LogP contribution in [-0.4, -0.2) is 29.9 Å². The average Bonchev–Trinajstić information content (AvgIpc) is 3.42. The number of rotatable bonds is 15. The number of hydrogen-bond acceptors (Lipinski definition) is 6. The van der Waals surface area contributed by atoms with Crippen LogP contribution in [0.25, 0.3) is 6.08 Å². The number of methoxy groups -OCH3 is 1. The number of dihydropyridines is 1. The number of ether oxygens (including phenoxy) is 1. The summed E-state index contributed by atoms with van der Waals surface area (Å²) in [6.45, 7) is 6.44. The number of aromatic hydroxyl groups is 1. The number of benzene rings is 2. The van der Waals surface area contributed by atoms with E-state index in [4.69, 9.17) is 10.5 Å². The molecule has 0 bridgehead atoms. The molecule has 0 radical (unpaired) electrons. The molecule has 2 aliphatic rings. The molecule has 6 heteroatoms. The lowest BCUT2D eigenvalue weighted by atomic mass is 9.77. The van der Waals surface area contributed by atoms with E-state index < -0.39 is 0 Å². The van der Waals surface area contributed by atoms with Crippen molar-refractivity contribution in [3.05, 3.63) is 87.6 Å². The summed E-state index contributed by atoms with van der Waals surface area (Å²) in [5.41, 5.74) is 14.1. The monoisotopic (exact) mass is 598 g/mol. The first-order valence-corrected chi connectivity index (χ1v) is 16.2. The fraction of sp³-hybridized carbons (Fsp3) is 0.474. The van der Waals surface area contributed by atoms with Crippen LogP contribution in [0.1, 0.15) is 98.9 Å². The minimum Gasteiger partial charge on any atom is -0.504 e. The highest BCUT2D eigenvalue weighted by Crippen LogP contribution is 2.45. The second-order valence-corrected chi connectivity index (χ2v) is 13.0. The molecular formula is C38H50N2O4. The zero-order valence-corrected chi connectivity index (χ0v) is 27.0. The van der Waals surface area contributed by atoms with E-state index in [2.05, 4.69) is 50.4 Å². The topological polar surface area (TPSA) is 102 Å². The van der Waals surface area contributed by atoms with Crippen molar-refractivity contribution >= 4 is 17.6 Å². The summed E-state index contributed by atoms with van der Waals surface area (Å²) in [5.74, 6) is 0.153. The largest absolute Gasteiger partial charge is 0.504 e. The molecule has 0 amide bonds. The molecule has 1 saturated carbocycles. The van der Waals surface area contributed by atoms with E-state index in [1.165, 1.54) is 68.4 Å². The molecular weight excluding hydrogens is 548 g/mol. The average molecular weight is 599 g/mol. The number of aryl methyl sites for hydroxylation is 2. The smallest absolute Gasteiger partial charge is 0.163 e. The predicted octanol–water partition coefficient (Wildman–Crippen LogP) is 7.57. The Morgan fingerprint density at radius 2 is 1.80 bits per heavy atom. The second-order valence-electron chi connectivity index (χ2n) is 13.0. The van der Waals surface area contributed by atoms with Gasteiger partial charge in [0.1, 0.15) is 5.78 Å². The summed E-state index contributed by atoms with van der Waals surface area (Å²) in [6.07, 6.45) is 18.1. The lowest BCUT2D eigenvalue weighted by Crippen LogP contribution is -2.38. The highest BCUT2D eigenvalue weighted by atomic mass is 16.5. The van der Waals surface area contributed by atoms with Gasteiger partial charge in [0.25, 0.3) is 0 Å². The van der Waals surface area contributed by atoms with Gasteiger partial charge < -0.3 is 20.9 Å². The molecule has 6 nitrogen and oxygen atoms in total. The Morgan fingerprint density at radius 3 is 2.48 bits per heavy atom. The fourth-order valence-electron chi connectivity index (χ4n) is 7.13. The van der Waals surface area contributed by atoms with Crippen LogP contribution in [0, 0.1) is 19.3 Å². The zero-order valence-electron chi connectivity index (χ0n) is 27.0. The standard InChI is InChI=1S/C38H50N2O4/c1-5-12-38(13-6-7-14-38)15-8-9-33(41)24-34(42)11-10-30-23-36(44-4)35(43)22-31(30)20-29-21-32(37(39)40-25-29)19-28-17-26(2)16-27(3)18-28/h10-11,16-18,21-23,25,37,40,43H,5-9,12-15,19-20,24,39H2,1-4H3.